The third kappa shape index (κ3) is 10.1. The summed E-state index contributed by atoms with van der Waals surface area (Å²) in [4.78, 5) is 11.9. The summed E-state index contributed by atoms with van der Waals surface area (Å²) in [6, 6.07) is 24.1. The molecule has 2 N–H and O–H groups in total. The predicted octanol–water partition coefficient (Wildman–Crippen LogP) is 6.76. The van der Waals surface area contributed by atoms with Gasteiger partial charge in [0, 0.05) is 12.1 Å². The van der Waals surface area contributed by atoms with Crippen molar-refractivity contribution in [2.24, 2.45) is 0 Å². The molecule has 0 radical (unpaired) electrons. The number of aliphatic hydroxyl groups excluding tert-OH is 1. The van der Waals surface area contributed by atoms with E-state index in [0.717, 1.165) is 35.2 Å². The predicted molar refractivity (Wildman–Crippen MR) is 168 cm³/mol. The van der Waals surface area contributed by atoms with E-state index in [1.807, 2.05) is 61.5 Å². The zero-order chi connectivity index (χ0) is 29.9. The SMILES string of the molecule is CCOC(=O)Cc1cccc(CCNC[C@H](O[Si](C)(C)C(C)(C)C)c2ccc(OCc3ccccc3)c(CO)c2)c1. The van der Waals surface area contributed by atoms with Crippen LogP contribution in [0.3, 0.4) is 0 Å². The Morgan fingerprint density at radius 3 is 2.34 bits per heavy atom. The minimum Gasteiger partial charge on any atom is -0.489 e. The standard InChI is InChI=1S/C34H47NO5Si/c1-7-38-33(37)21-28-15-11-14-26(20-28)18-19-35-23-32(40-41(5,6)34(2,3)4)29-16-17-31(30(22-29)24-36)39-25-27-12-9-8-10-13-27/h8-17,20,22,32,35-36H,7,18-19,21,23-25H2,1-6H3/t32-/m0/s1. The molecule has 0 fully saturated rings. The lowest BCUT2D eigenvalue weighted by Crippen LogP contribution is -2.43. The molecule has 7 heteroatoms. The Morgan fingerprint density at radius 1 is 0.951 bits per heavy atom. The highest BCUT2D eigenvalue weighted by Crippen LogP contribution is 2.40. The molecule has 3 aromatic rings. The second-order valence-corrected chi connectivity index (χ2v) is 16.7. The molecule has 0 aliphatic carbocycles. The van der Waals surface area contributed by atoms with Crippen molar-refractivity contribution in [3.63, 3.8) is 0 Å². The lowest BCUT2D eigenvalue weighted by molar-refractivity contribution is -0.142. The van der Waals surface area contributed by atoms with Crippen LogP contribution in [0.25, 0.3) is 0 Å². The van der Waals surface area contributed by atoms with Gasteiger partial charge in [-0.05, 0) is 72.4 Å². The number of aliphatic hydroxyl groups is 1. The maximum absolute atomic E-state index is 11.9. The van der Waals surface area contributed by atoms with Crippen LogP contribution < -0.4 is 10.1 Å². The summed E-state index contributed by atoms with van der Waals surface area (Å²) in [6.07, 6.45) is 0.951. The van der Waals surface area contributed by atoms with Gasteiger partial charge in [0.15, 0.2) is 8.32 Å². The summed E-state index contributed by atoms with van der Waals surface area (Å²) in [6.45, 7) is 15.2. The summed E-state index contributed by atoms with van der Waals surface area (Å²) >= 11 is 0. The highest BCUT2D eigenvalue weighted by Gasteiger charge is 2.39. The molecule has 0 saturated heterocycles. The van der Waals surface area contributed by atoms with Crippen LogP contribution in [0.2, 0.25) is 18.1 Å². The van der Waals surface area contributed by atoms with Crippen molar-refractivity contribution in [1.29, 1.82) is 0 Å². The molecular formula is C34H47NO5Si. The third-order valence-corrected chi connectivity index (χ3v) is 12.2. The van der Waals surface area contributed by atoms with Crippen LogP contribution in [0, 0.1) is 0 Å². The van der Waals surface area contributed by atoms with Gasteiger partial charge >= 0.3 is 5.97 Å². The van der Waals surface area contributed by atoms with Gasteiger partial charge in [-0.3, -0.25) is 4.79 Å². The van der Waals surface area contributed by atoms with E-state index in [2.05, 4.69) is 57.4 Å². The zero-order valence-corrected chi connectivity index (χ0v) is 26.5. The first-order valence-corrected chi connectivity index (χ1v) is 17.5. The molecule has 0 saturated carbocycles. The highest BCUT2D eigenvalue weighted by molar-refractivity contribution is 6.74. The van der Waals surface area contributed by atoms with Crippen molar-refractivity contribution in [3.8, 4) is 5.75 Å². The van der Waals surface area contributed by atoms with Crippen LogP contribution in [0.15, 0.2) is 72.8 Å². The summed E-state index contributed by atoms with van der Waals surface area (Å²) in [5.41, 5.74) is 4.99. The molecule has 0 bridgehead atoms. The van der Waals surface area contributed by atoms with E-state index < -0.39 is 8.32 Å². The van der Waals surface area contributed by atoms with E-state index in [1.54, 1.807) is 0 Å². The Kier molecular flexibility index (Phi) is 12.2. The second kappa shape index (κ2) is 15.3. The van der Waals surface area contributed by atoms with E-state index in [9.17, 15) is 9.90 Å². The van der Waals surface area contributed by atoms with Crippen LogP contribution in [0.1, 0.15) is 61.6 Å². The maximum Gasteiger partial charge on any atom is 0.310 e. The van der Waals surface area contributed by atoms with Crippen LogP contribution in [0.4, 0.5) is 0 Å². The normalized spacial score (nSPS) is 12.7. The van der Waals surface area contributed by atoms with Gasteiger partial charge in [-0.1, -0.05) is 81.4 Å². The molecule has 0 aliphatic heterocycles. The van der Waals surface area contributed by atoms with Gasteiger partial charge in [0.05, 0.1) is 25.7 Å². The summed E-state index contributed by atoms with van der Waals surface area (Å²) in [7, 11) is -2.08. The molecule has 0 unspecified atom stereocenters. The number of rotatable bonds is 15. The van der Waals surface area contributed by atoms with Gasteiger partial charge in [-0.25, -0.2) is 0 Å². The molecule has 222 valence electrons. The number of carbonyl (C=O) groups excluding carboxylic acids is 1. The van der Waals surface area contributed by atoms with Crippen LogP contribution in [-0.2, 0) is 40.0 Å². The van der Waals surface area contributed by atoms with E-state index in [0.29, 0.717) is 25.5 Å². The fourth-order valence-electron chi connectivity index (χ4n) is 4.30. The lowest BCUT2D eigenvalue weighted by atomic mass is 10.0. The number of hydrogen-bond acceptors (Lipinski definition) is 6. The zero-order valence-electron chi connectivity index (χ0n) is 25.5. The molecule has 0 spiro atoms. The summed E-state index contributed by atoms with van der Waals surface area (Å²) < 4.78 is 18.0. The van der Waals surface area contributed by atoms with E-state index in [1.165, 1.54) is 5.56 Å². The quantitative estimate of drug-likeness (QED) is 0.118. The minimum atomic E-state index is -2.08. The van der Waals surface area contributed by atoms with E-state index in [4.69, 9.17) is 13.9 Å². The third-order valence-electron chi connectivity index (χ3n) is 7.67. The van der Waals surface area contributed by atoms with Crippen molar-refractivity contribution in [2.75, 3.05) is 19.7 Å². The second-order valence-electron chi connectivity index (χ2n) is 11.9. The fourth-order valence-corrected chi connectivity index (χ4v) is 5.58. The molecule has 0 heterocycles. The Morgan fingerprint density at radius 2 is 1.66 bits per heavy atom. The average molecular weight is 578 g/mol. The molecule has 0 aliphatic rings. The average Bonchev–Trinajstić information content (AvgIpc) is 2.93. The smallest absolute Gasteiger partial charge is 0.310 e. The van der Waals surface area contributed by atoms with Crippen molar-refractivity contribution < 1.29 is 23.8 Å². The molecule has 1 atom stereocenters. The van der Waals surface area contributed by atoms with Crippen molar-refractivity contribution in [2.45, 2.75) is 78.0 Å². The Hall–Kier alpha value is -2.97. The molecule has 0 aromatic heterocycles. The van der Waals surface area contributed by atoms with Gasteiger partial charge in [0.2, 0.25) is 0 Å². The Balaban J connectivity index is 1.70. The van der Waals surface area contributed by atoms with Gasteiger partial charge in [-0.15, -0.1) is 0 Å². The van der Waals surface area contributed by atoms with Gasteiger partial charge in [-0.2, -0.15) is 0 Å². The Labute approximate surface area is 247 Å². The molecule has 0 amide bonds. The number of hydrogen-bond donors (Lipinski definition) is 2. The number of nitrogens with one attached hydrogen (secondary N) is 1. The van der Waals surface area contributed by atoms with Gasteiger partial charge < -0.3 is 24.3 Å². The highest BCUT2D eigenvalue weighted by atomic mass is 28.4. The molecule has 3 rings (SSSR count). The first kappa shape index (κ1) is 32.5. The topological polar surface area (TPSA) is 77.0 Å². The van der Waals surface area contributed by atoms with Gasteiger partial charge in [0.25, 0.3) is 0 Å². The molecule has 6 nitrogen and oxygen atoms in total. The Bertz CT molecular complexity index is 1240. The van der Waals surface area contributed by atoms with E-state index >= 15 is 0 Å². The van der Waals surface area contributed by atoms with Crippen molar-refractivity contribution in [1.82, 2.24) is 5.32 Å². The number of ether oxygens (including phenoxy) is 2. The largest absolute Gasteiger partial charge is 0.489 e. The van der Waals surface area contributed by atoms with Crippen LogP contribution in [-0.4, -0.2) is 39.1 Å². The molecule has 41 heavy (non-hydrogen) atoms. The van der Waals surface area contributed by atoms with Gasteiger partial charge in [0.1, 0.15) is 12.4 Å². The van der Waals surface area contributed by atoms with Crippen molar-refractivity contribution >= 4 is 14.3 Å². The number of benzene rings is 3. The minimum absolute atomic E-state index is 0.0587. The van der Waals surface area contributed by atoms with Crippen molar-refractivity contribution in [3.05, 3.63) is 101 Å². The first-order chi connectivity index (χ1) is 19.5. The molecule has 3 aromatic carbocycles. The van der Waals surface area contributed by atoms with E-state index in [-0.39, 0.29) is 30.1 Å². The first-order valence-electron chi connectivity index (χ1n) is 14.5. The number of esters is 1. The summed E-state index contributed by atoms with van der Waals surface area (Å²) in [5.74, 6) is 0.481. The monoisotopic (exact) mass is 577 g/mol. The maximum atomic E-state index is 11.9. The lowest BCUT2D eigenvalue weighted by Gasteiger charge is -2.39. The molecular weight excluding hydrogens is 530 g/mol. The van der Waals surface area contributed by atoms with Crippen LogP contribution in [0.5, 0.6) is 5.75 Å². The summed E-state index contributed by atoms with van der Waals surface area (Å²) in [5, 5.41) is 13.8. The fraction of sp³-hybridized carbons (Fsp3) is 0.441. The van der Waals surface area contributed by atoms with Crippen LogP contribution >= 0.6 is 0 Å². The number of carbonyl (C=O) groups is 1.